The van der Waals surface area contributed by atoms with Crippen molar-refractivity contribution in [3.05, 3.63) is 92.9 Å². The second kappa shape index (κ2) is 7.85. The van der Waals surface area contributed by atoms with E-state index in [0.717, 1.165) is 20.3 Å². The second-order valence-electron chi connectivity index (χ2n) is 6.31. The van der Waals surface area contributed by atoms with Gasteiger partial charge in [-0.05, 0) is 45.8 Å². The molecule has 28 heavy (non-hydrogen) atoms. The number of hydrogen-bond donors (Lipinski definition) is 1. The van der Waals surface area contributed by atoms with Crippen molar-refractivity contribution in [3.63, 3.8) is 0 Å². The number of benzene rings is 2. The highest BCUT2D eigenvalue weighted by molar-refractivity contribution is 9.10. The second-order valence-corrected chi connectivity index (χ2v) is 8.08. The molecule has 2 heterocycles. The standard InChI is InChI=1S/C21H15BrF2N2OS/c22-16-12-28-19-9-18(21(27)25-10-14-3-1-2-4-17(14)24)26(20(16)19)11-13-5-7-15(23)8-6-13/h1-9,12H,10-11H2,(H,25,27). The maximum atomic E-state index is 13.8. The molecule has 0 aliphatic heterocycles. The molecule has 2 aromatic carbocycles. The van der Waals surface area contributed by atoms with Gasteiger partial charge in [-0.1, -0.05) is 30.3 Å². The predicted octanol–water partition coefficient (Wildman–Crippen LogP) is 5.72. The van der Waals surface area contributed by atoms with Crippen LogP contribution in [0.3, 0.4) is 0 Å². The van der Waals surface area contributed by atoms with Crippen LogP contribution in [0.25, 0.3) is 10.2 Å². The van der Waals surface area contributed by atoms with Crippen LogP contribution in [0.4, 0.5) is 8.78 Å². The van der Waals surface area contributed by atoms with Gasteiger partial charge < -0.3 is 9.88 Å². The van der Waals surface area contributed by atoms with E-state index < -0.39 is 0 Å². The van der Waals surface area contributed by atoms with E-state index in [-0.39, 0.29) is 24.1 Å². The van der Waals surface area contributed by atoms with Crippen LogP contribution in [0.5, 0.6) is 0 Å². The summed E-state index contributed by atoms with van der Waals surface area (Å²) in [5.41, 5.74) is 2.68. The Morgan fingerprint density at radius 2 is 1.86 bits per heavy atom. The third-order valence-corrected chi connectivity index (χ3v) is 6.29. The van der Waals surface area contributed by atoms with E-state index in [2.05, 4.69) is 21.2 Å². The third-order valence-electron chi connectivity index (χ3n) is 4.46. The van der Waals surface area contributed by atoms with Crippen LogP contribution in [0.1, 0.15) is 21.6 Å². The number of nitrogens with zero attached hydrogens (tertiary/aromatic N) is 1. The number of fused-ring (bicyclic) bond motifs is 1. The lowest BCUT2D eigenvalue weighted by atomic mass is 10.2. The average molecular weight is 461 g/mol. The molecule has 0 bridgehead atoms. The Morgan fingerprint density at radius 1 is 1.11 bits per heavy atom. The molecule has 1 amide bonds. The smallest absolute Gasteiger partial charge is 0.268 e. The first-order chi connectivity index (χ1) is 13.5. The van der Waals surface area contributed by atoms with Gasteiger partial charge in [-0.25, -0.2) is 8.78 Å². The highest BCUT2D eigenvalue weighted by Gasteiger charge is 2.19. The van der Waals surface area contributed by atoms with E-state index >= 15 is 0 Å². The van der Waals surface area contributed by atoms with Gasteiger partial charge in [-0.2, -0.15) is 0 Å². The minimum Gasteiger partial charge on any atom is -0.347 e. The molecule has 0 radical (unpaired) electrons. The molecule has 0 saturated heterocycles. The number of rotatable bonds is 5. The Hall–Kier alpha value is -2.51. The minimum absolute atomic E-state index is 0.0993. The van der Waals surface area contributed by atoms with Gasteiger partial charge in [-0.3, -0.25) is 4.79 Å². The number of carbonyl (C=O) groups excluding carboxylic acids is 1. The van der Waals surface area contributed by atoms with E-state index in [1.54, 1.807) is 30.3 Å². The van der Waals surface area contributed by atoms with Crippen LogP contribution in [-0.4, -0.2) is 10.5 Å². The molecule has 0 spiro atoms. The number of thiophene rings is 1. The molecule has 1 N–H and O–H groups in total. The van der Waals surface area contributed by atoms with Gasteiger partial charge in [0.1, 0.15) is 17.3 Å². The number of hydrogen-bond acceptors (Lipinski definition) is 2. The zero-order chi connectivity index (χ0) is 19.7. The zero-order valence-electron chi connectivity index (χ0n) is 14.6. The lowest BCUT2D eigenvalue weighted by molar-refractivity contribution is 0.0942. The van der Waals surface area contributed by atoms with Crippen molar-refractivity contribution in [1.29, 1.82) is 0 Å². The zero-order valence-corrected chi connectivity index (χ0v) is 17.0. The monoisotopic (exact) mass is 460 g/mol. The molecule has 2 aromatic heterocycles. The van der Waals surface area contributed by atoms with Crippen molar-refractivity contribution in [2.24, 2.45) is 0 Å². The normalized spacial score (nSPS) is 11.1. The lowest BCUT2D eigenvalue weighted by Crippen LogP contribution is -2.26. The molecule has 0 saturated carbocycles. The first kappa shape index (κ1) is 18.8. The molecule has 0 atom stereocenters. The summed E-state index contributed by atoms with van der Waals surface area (Å²) in [5.74, 6) is -0.949. The molecule has 7 heteroatoms. The van der Waals surface area contributed by atoms with Crippen molar-refractivity contribution in [2.45, 2.75) is 13.1 Å². The van der Waals surface area contributed by atoms with E-state index in [1.807, 2.05) is 16.0 Å². The lowest BCUT2D eigenvalue weighted by Gasteiger charge is -2.12. The fourth-order valence-corrected chi connectivity index (χ4v) is 4.76. The molecule has 0 aliphatic rings. The van der Waals surface area contributed by atoms with E-state index in [9.17, 15) is 13.6 Å². The summed E-state index contributed by atoms with van der Waals surface area (Å²) in [5, 5.41) is 4.76. The Kier molecular flexibility index (Phi) is 5.28. The van der Waals surface area contributed by atoms with Gasteiger partial charge in [0.2, 0.25) is 0 Å². The predicted molar refractivity (Wildman–Crippen MR) is 111 cm³/mol. The minimum atomic E-state index is -0.353. The maximum Gasteiger partial charge on any atom is 0.268 e. The molecule has 4 aromatic rings. The summed E-state index contributed by atoms with van der Waals surface area (Å²) in [6.45, 7) is 0.517. The molecular formula is C21H15BrF2N2OS. The van der Waals surface area contributed by atoms with Crippen molar-refractivity contribution in [1.82, 2.24) is 9.88 Å². The quantitative estimate of drug-likeness (QED) is 0.405. The fourth-order valence-electron chi connectivity index (χ4n) is 3.06. The van der Waals surface area contributed by atoms with Crippen molar-refractivity contribution >= 4 is 43.4 Å². The van der Waals surface area contributed by atoms with Crippen LogP contribution in [0, 0.1) is 11.6 Å². The highest BCUT2D eigenvalue weighted by atomic mass is 79.9. The molecule has 4 rings (SSSR count). The fraction of sp³-hybridized carbons (Fsp3) is 0.0952. The summed E-state index contributed by atoms with van der Waals surface area (Å²) < 4.78 is 30.8. The van der Waals surface area contributed by atoms with Crippen LogP contribution in [0.2, 0.25) is 0 Å². The average Bonchev–Trinajstić information content (AvgIpc) is 3.23. The van der Waals surface area contributed by atoms with Crippen LogP contribution in [-0.2, 0) is 13.1 Å². The Balaban J connectivity index is 1.65. The van der Waals surface area contributed by atoms with Crippen molar-refractivity contribution < 1.29 is 13.6 Å². The summed E-state index contributed by atoms with van der Waals surface area (Å²) in [7, 11) is 0. The van der Waals surface area contributed by atoms with Gasteiger partial charge in [0, 0.05) is 24.0 Å². The van der Waals surface area contributed by atoms with Gasteiger partial charge >= 0.3 is 0 Å². The Morgan fingerprint density at radius 3 is 2.61 bits per heavy atom. The number of amides is 1. The topological polar surface area (TPSA) is 34.0 Å². The maximum absolute atomic E-state index is 13.8. The number of carbonyl (C=O) groups is 1. The van der Waals surface area contributed by atoms with Crippen LogP contribution < -0.4 is 5.32 Å². The van der Waals surface area contributed by atoms with Crippen molar-refractivity contribution in [2.75, 3.05) is 0 Å². The summed E-state index contributed by atoms with van der Waals surface area (Å²) >= 11 is 5.07. The molecule has 142 valence electrons. The van der Waals surface area contributed by atoms with Crippen LogP contribution >= 0.6 is 27.3 Å². The third kappa shape index (κ3) is 3.72. The number of aromatic nitrogens is 1. The highest BCUT2D eigenvalue weighted by Crippen LogP contribution is 2.33. The largest absolute Gasteiger partial charge is 0.347 e. The Bertz CT molecular complexity index is 1150. The SMILES string of the molecule is O=C(NCc1ccccc1F)c1cc2scc(Br)c2n1Cc1ccc(F)cc1. The first-order valence-electron chi connectivity index (χ1n) is 8.55. The molecular weight excluding hydrogens is 446 g/mol. The van der Waals surface area contributed by atoms with E-state index in [1.165, 1.54) is 29.5 Å². The van der Waals surface area contributed by atoms with Gasteiger partial charge in [-0.15, -0.1) is 11.3 Å². The van der Waals surface area contributed by atoms with Crippen LogP contribution in [0.15, 0.2) is 64.5 Å². The summed E-state index contributed by atoms with van der Waals surface area (Å²) in [6, 6.07) is 14.4. The first-order valence-corrected chi connectivity index (χ1v) is 10.2. The molecule has 3 nitrogen and oxygen atoms in total. The van der Waals surface area contributed by atoms with E-state index in [0.29, 0.717) is 17.8 Å². The molecule has 0 aliphatic carbocycles. The van der Waals surface area contributed by atoms with Gasteiger partial charge in [0.15, 0.2) is 0 Å². The number of nitrogens with one attached hydrogen (secondary N) is 1. The Labute approximate surface area is 172 Å². The molecule has 0 unspecified atom stereocenters. The van der Waals surface area contributed by atoms with Gasteiger partial charge in [0.05, 0.1) is 14.7 Å². The van der Waals surface area contributed by atoms with Crippen molar-refractivity contribution in [3.8, 4) is 0 Å². The number of halogens is 3. The van der Waals surface area contributed by atoms with Gasteiger partial charge in [0.25, 0.3) is 5.91 Å². The molecule has 0 fully saturated rings. The van der Waals surface area contributed by atoms with E-state index in [4.69, 9.17) is 0 Å². The summed E-state index contributed by atoms with van der Waals surface area (Å²) in [6.07, 6.45) is 0. The summed E-state index contributed by atoms with van der Waals surface area (Å²) in [4.78, 5) is 12.8.